The molecule has 4 heteroatoms. The fourth-order valence-corrected chi connectivity index (χ4v) is 3.54. The first-order chi connectivity index (χ1) is 10.3. The Morgan fingerprint density at radius 3 is 2.32 bits per heavy atom. The van der Waals surface area contributed by atoms with E-state index in [-0.39, 0.29) is 63.4 Å². The monoisotopic (exact) mass is 466 g/mol. The zero-order valence-corrected chi connectivity index (χ0v) is 18.9. The Hall–Kier alpha value is -0.327. The van der Waals surface area contributed by atoms with Crippen molar-refractivity contribution < 1.29 is 63.4 Å². The van der Waals surface area contributed by atoms with Crippen LogP contribution in [0.25, 0.3) is 11.1 Å². The Morgan fingerprint density at radius 1 is 0.960 bits per heavy atom. The summed E-state index contributed by atoms with van der Waals surface area (Å²) >= 11 is 0. The Bertz CT molecular complexity index is 778. The van der Waals surface area contributed by atoms with E-state index in [1.165, 1.54) is 33.4 Å². The largest absolute Gasteiger partial charge is 4.00 e. The van der Waals surface area contributed by atoms with Crippen molar-refractivity contribution in [2.24, 2.45) is 0 Å². The number of allylic oxidation sites excluding steroid dienone is 4. The van der Waals surface area contributed by atoms with E-state index in [1.807, 2.05) is 0 Å². The van der Waals surface area contributed by atoms with Gasteiger partial charge in [0.05, 0.1) is 0 Å². The van der Waals surface area contributed by atoms with Crippen LogP contribution in [0, 0.1) is 6.07 Å². The summed E-state index contributed by atoms with van der Waals surface area (Å²) in [5.41, 5.74) is 8.39. The van der Waals surface area contributed by atoms with E-state index in [0.717, 1.165) is 6.42 Å². The van der Waals surface area contributed by atoms with Crippen LogP contribution in [0.1, 0.15) is 48.8 Å². The first-order valence-corrected chi connectivity index (χ1v) is 7.76. The predicted octanol–water partition coefficient (Wildman–Crippen LogP) is -3.38. The van der Waals surface area contributed by atoms with Crippen LogP contribution in [0.4, 0.5) is 0 Å². The molecule has 0 N–H and O–H groups in total. The van der Waals surface area contributed by atoms with Crippen LogP contribution in [-0.4, -0.2) is 0 Å². The summed E-state index contributed by atoms with van der Waals surface area (Å²) in [4.78, 5) is 0. The van der Waals surface area contributed by atoms with Crippen molar-refractivity contribution in [1.82, 2.24) is 0 Å². The molecule has 0 nitrogen and oxygen atoms in total. The van der Waals surface area contributed by atoms with Gasteiger partial charge >= 0.3 is 26.2 Å². The summed E-state index contributed by atoms with van der Waals surface area (Å²) in [6.07, 6.45) is 7.79. The third kappa shape index (κ3) is 4.33. The second-order valence-electron chi connectivity index (χ2n) is 6.29. The van der Waals surface area contributed by atoms with E-state index in [4.69, 9.17) is 0 Å². The van der Waals surface area contributed by atoms with Crippen LogP contribution in [0.2, 0.25) is 0 Å². The van der Waals surface area contributed by atoms with Gasteiger partial charge in [-0.15, -0.1) is 11.1 Å². The van der Waals surface area contributed by atoms with Gasteiger partial charge in [0.15, 0.2) is 0 Å². The average Bonchev–Trinajstić information content (AvgIpc) is 3.11. The number of halogens is 3. The van der Waals surface area contributed by atoms with Gasteiger partial charge in [-0.2, -0.15) is 23.8 Å². The van der Waals surface area contributed by atoms with Crippen molar-refractivity contribution >= 4 is 0 Å². The first-order valence-electron chi connectivity index (χ1n) is 7.76. The molecule has 0 heterocycles. The molecule has 4 rings (SSSR count). The topological polar surface area (TPSA) is 0 Å². The predicted molar refractivity (Wildman–Crippen MR) is 88.5 cm³/mol. The van der Waals surface area contributed by atoms with Crippen LogP contribution < -0.4 is 37.2 Å². The maximum atomic E-state index is 3.73. The van der Waals surface area contributed by atoms with Crippen molar-refractivity contribution in [2.75, 3.05) is 0 Å². The van der Waals surface area contributed by atoms with E-state index in [2.05, 4.69) is 74.5 Å². The summed E-state index contributed by atoms with van der Waals surface area (Å²) in [5.74, 6) is 0.917. The molecule has 0 bridgehead atoms. The van der Waals surface area contributed by atoms with Gasteiger partial charge < -0.3 is 37.2 Å². The number of hydrogen-bond donors (Lipinski definition) is 0. The summed E-state index contributed by atoms with van der Waals surface area (Å²) in [7, 11) is 0. The summed E-state index contributed by atoms with van der Waals surface area (Å²) in [6, 6.07) is 17.1. The van der Waals surface area contributed by atoms with Gasteiger partial charge in [0, 0.05) is 5.92 Å². The molecule has 2 aromatic rings. The van der Waals surface area contributed by atoms with Crippen LogP contribution >= 0.6 is 0 Å². The zero-order valence-electron chi connectivity index (χ0n) is 14.2. The molecule has 2 aliphatic carbocycles. The molecule has 0 spiro atoms. The number of benzene rings is 2. The molecule has 0 aliphatic heterocycles. The molecular formula is C21H19Cl3Zr. The van der Waals surface area contributed by atoms with Crippen LogP contribution in [0.5, 0.6) is 0 Å². The van der Waals surface area contributed by atoms with Crippen molar-refractivity contribution in [3.8, 4) is 11.1 Å². The standard InChI is InChI=1S/C21H19.3ClH.Zr/c1-14(2)16-11-12-18-17-9-5-6-10-19(17)21(20(18)13-16)15-7-3-4-8-15;;;;/h3-7,9-12,14,21H,8H2,1-2H3;3*1H;/q-1;;;;+4/p-3. The van der Waals surface area contributed by atoms with E-state index < -0.39 is 0 Å². The molecule has 0 saturated carbocycles. The smallest absolute Gasteiger partial charge is 1.00 e. The number of hydrogen-bond acceptors (Lipinski definition) is 0. The Balaban J connectivity index is 0.00000144. The molecule has 0 radical (unpaired) electrons. The first kappa shape index (κ1) is 24.7. The Morgan fingerprint density at radius 2 is 1.68 bits per heavy atom. The van der Waals surface area contributed by atoms with Crippen molar-refractivity contribution in [2.45, 2.75) is 32.1 Å². The molecule has 1 unspecified atom stereocenters. The Labute approximate surface area is 188 Å². The second-order valence-corrected chi connectivity index (χ2v) is 6.29. The average molecular weight is 469 g/mol. The molecule has 2 aromatic carbocycles. The zero-order chi connectivity index (χ0) is 14.4. The summed E-state index contributed by atoms with van der Waals surface area (Å²) in [6.45, 7) is 4.48. The fraction of sp³-hybridized carbons (Fsp3) is 0.238. The van der Waals surface area contributed by atoms with Gasteiger partial charge in [-0.3, -0.25) is 0 Å². The van der Waals surface area contributed by atoms with Gasteiger partial charge in [0.1, 0.15) is 0 Å². The SMILES string of the molecule is CC(C)c1[c-]c2c(cc1)-c1ccccc1C2C1=CC=CC1.[Cl-].[Cl-].[Cl-].[Zr+4]. The van der Waals surface area contributed by atoms with Crippen LogP contribution in [0.3, 0.4) is 0 Å². The molecule has 128 valence electrons. The minimum Gasteiger partial charge on any atom is -1.00 e. The summed E-state index contributed by atoms with van der Waals surface area (Å²) < 4.78 is 0. The third-order valence-electron chi connectivity index (χ3n) is 4.64. The number of rotatable bonds is 2. The third-order valence-corrected chi connectivity index (χ3v) is 4.64. The van der Waals surface area contributed by atoms with Gasteiger partial charge in [0.2, 0.25) is 0 Å². The second kappa shape index (κ2) is 10.1. The normalized spacial score (nSPS) is 15.8. The van der Waals surface area contributed by atoms with Crippen molar-refractivity contribution in [3.63, 3.8) is 0 Å². The van der Waals surface area contributed by atoms with Crippen molar-refractivity contribution in [3.05, 3.63) is 83.0 Å². The van der Waals surface area contributed by atoms with Crippen LogP contribution in [-0.2, 0) is 26.2 Å². The van der Waals surface area contributed by atoms with Crippen LogP contribution in [0.15, 0.2) is 60.2 Å². The maximum absolute atomic E-state index is 3.73. The minimum atomic E-state index is 0. The van der Waals surface area contributed by atoms with E-state index in [1.54, 1.807) is 0 Å². The molecule has 2 aliphatic rings. The van der Waals surface area contributed by atoms with Gasteiger partial charge in [-0.1, -0.05) is 67.5 Å². The van der Waals surface area contributed by atoms with E-state index in [0.29, 0.717) is 11.8 Å². The molecular weight excluding hydrogens is 450 g/mol. The maximum Gasteiger partial charge on any atom is 4.00 e. The molecule has 25 heavy (non-hydrogen) atoms. The molecule has 1 atom stereocenters. The molecule has 0 fully saturated rings. The minimum absolute atomic E-state index is 0. The Kier molecular flexibility index (Phi) is 9.99. The van der Waals surface area contributed by atoms with E-state index in [9.17, 15) is 0 Å². The fourth-order valence-electron chi connectivity index (χ4n) is 3.54. The molecule has 0 saturated heterocycles. The van der Waals surface area contributed by atoms with Gasteiger partial charge in [0.25, 0.3) is 0 Å². The molecule has 0 aromatic heterocycles. The van der Waals surface area contributed by atoms with Crippen molar-refractivity contribution in [1.29, 1.82) is 0 Å². The quantitative estimate of drug-likeness (QED) is 0.404. The van der Waals surface area contributed by atoms with E-state index >= 15 is 0 Å². The number of fused-ring (bicyclic) bond motifs is 3. The molecule has 0 amide bonds. The van der Waals surface area contributed by atoms with Gasteiger partial charge in [-0.25, -0.2) is 0 Å². The van der Waals surface area contributed by atoms with Gasteiger partial charge in [-0.05, 0) is 17.9 Å². The summed E-state index contributed by atoms with van der Waals surface area (Å²) in [5, 5.41) is 0.